The van der Waals surface area contributed by atoms with E-state index < -0.39 is 29.4 Å². The number of alkyl halides is 3. The van der Waals surface area contributed by atoms with Crippen molar-refractivity contribution in [1.29, 1.82) is 0 Å². The van der Waals surface area contributed by atoms with Crippen molar-refractivity contribution in [3.63, 3.8) is 0 Å². The number of carbonyl (C=O) groups is 1. The van der Waals surface area contributed by atoms with Gasteiger partial charge in [0.05, 0.1) is 13.0 Å². The monoisotopic (exact) mass is 324 g/mol. The lowest BCUT2D eigenvalue weighted by molar-refractivity contribution is -0.140. The second-order valence-corrected chi connectivity index (χ2v) is 5.03. The van der Waals surface area contributed by atoms with E-state index in [1.807, 2.05) is 0 Å². The molecule has 2 rings (SSSR count). The van der Waals surface area contributed by atoms with Crippen LogP contribution in [0.1, 0.15) is 24.0 Å². The van der Waals surface area contributed by atoms with Gasteiger partial charge in [0, 0.05) is 5.56 Å². The molecule has 0 aliphatic heterocycles. The predicted molar refractivity (Wildman–Crippen MR) is 79.5 cm³/mol. The van der Waals surface area contributed by atoms with Crippen molar-refractivity contribution < 1.29 is 27.8 Å². The van der Waals surface area contributed by atoms with E-state index in [1.54, 1.807) is 30.3 Å². The van der Waals surface area contributed by atoms with Crippen LogP contribution < -0.4 is 4.74 Å². The molecule has 6 heteroatoms. The van der Waals surface area contributed by atoms with Crippen molar-refractivity contribution >= 4 is 5.97 Å². The molecule has 0 saturated heterocycles. The molecular formula is C17H15F3O3. The summed E-state index contributed by atoms with van der Waals surface area (Å²) in [6, 6.07) is 10.7. The van der Waals surface area contributed by atoms with Gasteiger partial charge >= 0.3 is 12.1 Å². The van der Waals surface area contributed by atoms with Crippen LogP contribution in [-0.2, 0) is 11.0 Å². The van der Waals surface area contributed by atoms with Crippen molar-refractivity contribution in [3.8, 4) is 16.9 Å². The van der Waals surface area contributed by atoms with E-state index in [0.29, 0.717) is 5.56 Å². The van der Waals surface area contributed by atoms with Gasteiger partial charge in [-0.15, -0.1) is 0 Å². The van der Waals surface area contributed by atoms with E-state index in [4.69, 9.17) is 9.84 Å². The minimum absolute atomic E-state index is 0.00740. The summed E-state index contributed by atoms with van der Waals surface area (Å²) in [5.74, 6) is -2.78. The van der Waals surface area contributed by atoms with Gasteiger partial charge in [-0.3, -0.25) is 4.79 Å². The number of halogens is 3. The van der Waals surface area contributed by atoms with Gasteiger partial charge in [-0.2, -0.15) is 13.2 Å². The number of ether oxygens (including phenoxy) is 1. The van der Waals surface area contributed by atoms with Crippen molar-refractivity contribution in [1.82, 2.24) is 0 Å². The first-order valence-corrected chi connectivity index (χ1v) is 6.83. The van der Waals surface area contributed by atoms with Crippen molar-refractivity contribution in [2.75, 3.05) is 7.11 Å². The van der Waals surface area contributed by atoms with Gasteiger partial charge in [0.1, 0.15) is 11.3 Å². The highest BCUT2D eigenvalue weighted by Crippen LogP contribution is 2.46. The average molecular weight is 324 g/mol. The van der Waals surface area contributed by atoms with Crippen LogP contribution in [0.5, 0.6) is 5.75 Å². The van der Waals surface area contributed by atoms with Crippen molar-refractivity contribution in [2.24, 2.45) is 0 Å². The summed E-state index contributed by atoms with van der Waals surface area (Å²) in [7, 11) is 1.11. The number of carboxylic acids is 1. The molecule has 0 aliphatic rings. The molecule has 0 saturated carbocycles. The molecule has 0 bridgehead atoms. The molecule has 1 N–H and O–H groups in total. The SMILES string of the molecule is COc1c(C(C)C(=O)O)ccc(-c2ccccc2)c1C(F)(F)F. The van der Waals surface area contributed by atoms with Gasteiger partial charge in [-0.25, -0.2) is 0 Å². The fourth-order valence-corrected chi connectivity index (χ4v) is 2.43. The quantitative estimate of drug-likeness (QED) is 0.896. The molecule has 1 atom stereocenters. The molecule has 0 radical (unpaired) electrons. The van der Waals surface area contributed by atoms with Crippen LogP contribution >= 0.6 is 0 Å². The summed E-state index contributed by atoms with van der Waals surface area (Å²) < 4.78 is 45.7. The van der Waals surface area contributed by atoms with E-state index in [9.17, 15) is 18.0 Å². The molecule has 0 aromatic heterocycles. The lowest BCUT2D eigenvalue weighted by Crippen LogP contribution is -2.15. The largest absolute Gasteiger partial charge is 0.496 e. The second kappa shape index (κ2) is 6.32. The molecule has 23 heavy (non-hydrogen) atoms. The van der Waals surface area contributed by atoms with Crippen LogP contribution in [0.4, 0.5) is 13.2 Å². The Balaban J connectivity index is 2.78. The first kappa shape index (κ1) is 16.9. The topological polar surface area (TPSA) is 46.5 Å². The molecule has 0 spiro atoms. The number of hydrogen-bond donors (Lipinski definition) is 1. The number of aliphatic carboxylic acids is 1. The molecule has 2 aromatic carbocycles. The molecular weight excluding hydrogens is 309 g/mol. The Morgan fingerprint density at radius 2 is 1.74 bits per heavy atom. The summed E-state index contributed by atoms with van der Waals surface area (Å²) in [6.07, 6.45) is -4.68. The Morgan fingerprint density at radius 3 is 2.22 bits per heavy atom. The molecule has 1 unspecified atom stereocenters. The summed E-state index contributed by atoms with van der Waals surface area (Å²) in [6.45, 7) is 1.32. The molecule has 0 heterocycles. The van der Waals surface area contributed by atoms with E-state index in [1.165, 1.54) is 19.1 Å². The first-order chi connectivity index (χ1) is 10.8. The van der Waals surface area contributed by atoms with E-state index in [0.717, 1.165) is 7.11 Å². The lowest BCUT2D eigenvalue weighted by atomic mass is 9.91. The summed E-state index contributed by atoms with van der Waals surface area (Å²) in [4.78, 5) is 11.1. The fraction of sp³-hybridized carbons (Fsp3) is 0.235. The van der Waals surface area contributed by atoms with Crippen LogP contribution in [0.2, 0.25) is 0 Å². The average Bonchev–Trinajstić information content (AvgIpc) is 2.52. The maximum atomic E-state index is 13.6. The second-order valence-electron chi connectivity index (χ2n) is 5.03. The smallest absolute Gasteiger partial charge is 0.420 e. The molecule has 0 aliphatic carbocycles. The third-order valence-corrected chi connectivity index (χ3v) is 3.60. The van der Waals surface area contributed by atoms with Crippen LogP contribution in [-0.4, -0.2) is 18.2 Å². The van der Waals surface area contributed by atoms with Crippen LogP contribution in [0.3, 0.4) is 0 Å². The van der Waals surface area contributed by atoms with Crippen LogP contribution in [0.25, 0.3) is 11.1 Å². The maximum absolute atomic E-state index is 13.6. The zero-order chi connectivity index (χ0) is 17.2. The Morgan fingerprint density at radius 1 is 1.13 bits per heavy atom. The molecule has 122 valence electrons. The minimum Gasteiger partial charge on any atom is -0.496 e. The molecule has 0 fully saturated rings. The Kier molecular flexibility index (Phi) is 4.63. The standard InChI is InChI=1S/C17H15F3O3/c1-10(16(21)22)12-8-9-13(11-6-4-3-5-7-11)14(15(12)23-2)17(18,19)20/h3-10H,1-2H3,(H,21,22). The maximum Gasteiger partial charge on any atom is 0.420 e. The number of methoxy groups -OCH3 is 1. The van der Waals surface area contributed by atoms with Gasteiger partial charge in [-0.05, 0) is 18.1 Å². The molecule has 3 nitrogen and oxygen atoms in total. The van der Waals surface area contributed by atoms with Gasteiger partial charge in [0.25, 0.3) is 0 Å². The Hall–Kier alpha value is -2.50. The number of hydrogen-bond acceptors (Lipinski definition) is 2. The van der Waals surface area contributed by atoms with Crippen molar-refractivity contribution in [2.45, 2.75) is 19.0 Å². The summed E-state index contributed by atoms with van der Waals surface area (Å²) in [5.41, 5.74) is -0.632. The number of rotatable bonds is 4. The highest BCUT2D eigenvalue weighted by molar-refractivity contribution is 5.79. The van der Waals surface area contributed by atoms with Gasteiger partial charge in [0.15, 0.2) is 0 Å². The van der Waals surface area contributed by atoms with E-state index in [-0.39, 0.29) is 11.1 Å². The van der Waals surface area contributed by atoms with Crippen molar-refractivity contribution in [3.05, 3.63) is 53.6 Å². The summed E-state index contributed by atoms with van der Waals surface area (Å²) in [5, 5.41) is 9.10. The predicted octanol–water partition coefficient (Wildman–Crippen LogP) is 4.57. The fourth-order valence-electron chi connectivity index (χ4n) is 2.43. The van der Waals surface area contributed by atoms with Gasteiger partial charge in [0.2, 0.25) is 0 Å². The Labute approximate surface area is 131 Å². The van der Waals surface area contributed by atoms with Gasteiger partial charge in [-0.1, -0.05) is 42.5 Å². The van der Waals surface area contributed by atoms with Crippen LogP contribution in [0, 0.1) is 0 Å². The number of carboxylic acid groups (broad SMARTS) is 1. The molecule has 2 aromatic rings. The highest BCUT2D eigenvalue weighted by Gasteiger charge is 2.39. The first-order valence-electron chi connectivity index (χ1n) is 6.83. The third-order valence-electron chi connectivity index (χ3n) is 3.60. The van der Waals surface area contributed by atoms with E-state index >= 15 is 0 Å². The lowest BCUT2D eigenvalue weighted by Gasteiger charge is -2.21. The van der Waals surface area contributed by atoms with Crippen LogP contribution in [0.15, 0.2) is 42.5 Å². The summed E-state index contributed by atoms with van der Waals surface area (Å²) >= 11 is 0. The Bertz CT molecular complexity index is 709. The zero-order valence-electron chi connectivity index (χ0n) is 12.5. The zero-order valence-corrected chi connectivity index (χ0v) is 12.5. The normalized spacial score (nSPS) is 12.7. The minimum atomic E-state index is -4.68. The van der Waals surface area contributed by atoms with E-state index in [2.05, 4.69) is 0 Å². The number of benzene rings is 2. The molecule has 0 amide bonds. The third kappa shape index (κ3) is 3.31. The highest BCUT2D eigenvalue weighted by atomic mass is 19.4. The van der Waals surface area contributed by atoms with Gasteiger partial charge < -0.3 is 9.84 Å².